The third-order valence-corrected chi connectivity index (χ3v) is 6.31. The summed E-state index contributed by atoms with van der Waals surface area (Å²) in [6.07, 6.45) is 1.18. The zero-order valence-electron chi connectivity index (χ0n) is 22.4. The molecule has 3 rings (SSSR count). The lowest BCUT2D eigenvalue weighted by atomic mass is 9.96. The van der Waals surface area contributed by atoms with E-state index in [9.17, 15) is 24.0 Å². The van der Waals surface area contributed by atoms with Gasteiger partial charge in [0, 0.05) is 44.7 Å². The van der Waals surface area contributed by atoms with Crippen LogP contribution in [0.15, 0.2) is 18.2 Å². The van der Waals surface area contributed by atoms with Crippen LogP contribution in [0.1, 0.15) is 85.0 Å². The topological polar surface area (TPSA) is 125 Å². The lowest BCUT2D eigenvalue weighted by Crippen LogP contribution is -2.42. The zero-order valence-corrected chi connectivity index (χ0v) is 22.4. The van der Waals surface area contributed by atoms with Crippen molar-refractivity contribution in [1.29, 1.82) is 0 Å². The van der Waals surface area contributed by atoms with Crippen molar-refractivity contribution in [2.45, 2.75) is 59.5 Å². The van der Waals surface area contributed by atoms with Crippen LogP contribution < -0.4 is 10.6 Å². The van der Waals surface area contributed by atoms with Crippen LogP contribution in [0.2, 0.25) is 0 Å². The summed E-state index contributed by atoms with van der Waals surface area (Å²) in [5.41, 5.74) is 0.361. The number of imide groups is 1. The quantitative estimate of drug-likeness (QED) is 0.514. The number of alkyl carbamates (subject to hydrolysis) is 1. The summed E-state index contributed by atoms with van der Waals surface area (Å²) in [5, 5.41) is 5.52. The third kappa shape index (κ3) is 7.53. The van der Waals surface area contributed by atoms with E-state index in [1.807, 2.05) is 13.8 Å². The maximum absolute atomic E-state index is 12.7. The Morgan fingerprint density at radius 3 is 2.30 bits per heavy atom. The predicted molar refractivity (Wildman–Crippen MR) is 137 cm³/mol. The zero-order chi connectivity index (χ0) is 27.3. The Morgan fingerprint density at radius 1 is 1.03 bits per heavy atom. The van der Waals surface area contributed by atoms with E-state index in [4.69, 9.17) is 4.74 Å². The minimum Gasteiger partial charge on any atom is -0.444 e. The number of nitrogens with one attached hydrogen (secondary N) is 2. The number of ether oxygens (including phenoxy) is 1. The molecule has 10 heteroatoms. The largest absolute Gasteiger partial charge is 0.444 e. The van der Waals surface area contributed by atoms with Gasteiger partial charge >= 0.3 is 6.09 Å². The van der Waals surface area contributed by atoms with Crippen molar-refractivity contribution in [3.05, 3.63) is 34.9 Å². The van der Waals surface area contributed by atoms with E-state index in [1.165, 1.54) is 11.0 Å². The van der Waals surface area contributed by atoms with Crippen LogP contribution in [0.3, 0.4) is 0 Å². The van der Waals surface area contributed by atoms with E-state index in [2.05, 4.69) is 10.6 Å². The molecule has 1 aromatic carbocycles. The van der Waals surface area contributed by atoms with Gasteiger partial charge in [-0.2, -0.15) is 0 Å². The molecule has 0 radical (unpaired) electrons. The second-order valence-electron chi connectivity index (χ2n) is 11.1. The number of hydrogen-bond acceptors (Lipinski definition) is 6. The molecular formula is C27H38N4O6. The Hall–Kier alpha value is -3.43. The molecule has 37 heavy (non-hydrogen) atoms. The van der Waals surface area contributed by atoms with Gasteiger partial charge in [-0.15, -0.1) is 0 Å². The SMILES string of the molecule is CC(C)CN1C(=O)c2ccc(C(=O)NCC3CCN(C(=O)CCNC(=O)OC(C)(C)C)CC3)cc2C1=O. The second kappa shape index (κ2) is 11.7. The molecule has 2 aliphatic rings. The second-order valence-corrected chi connectivity index (χ2v) is 11.1. The molecular weight excluding hydrogens is 476 g/mol. The number of rotatable bonds is 8. The maximum atomic E-state index is 12.7. The summed E-state index contributed by atoms with van der Waals surface area (Å²) < 4.78 is 5.16. The van der Waals surface area contributed by atoms with Crippen molar-refractivity contribution >= 4 is 29.7 Å². The van der Waals surface area contributed by atoms with Crippen LogP contribution >= 0.6 is 0 Å². The van der Waals surface area contributed by atoms with Gasteiger partial charge in [0.2, 0.25) is 5.91 Å². The maximum Gasteiger partial charge on any atom is 0.407 e. The first-order chi connectivity index (χ1) is 17.4. The van der Waals surface area contributed by atoms with Gasteiger partial charge in [-0.25, -0.2) is 4.79 Å². The summed E-state index contributed by atoms with van der Waals surface area (Å²) in [5.74, 6) is -0.614. The average Bonchev–Trinajstić information content (AvgIpc) is 3.05. The molecule has 2 aliphatic heterocycles. The van der Waals surface area contributed by atoms with Gasteiger partial charge < -0.3 is 20.3 Å². The van der Waals surface area contributed by atoms with E-state index in [-0.39, 0.29) is 54.0 Å². The highest BCUT2D eigenvalue weighted by atomic mass is 16.6. The first-order valence-corrected chi connectivity index (χ1v) is 12.9. The van der Waals surface area contributed by atoms with Gasteiger partial charge in [-0.3, -0.25) is 24.1 Å². The Labute approximate surface area is 218 Å². The number of amides is 5. The van der Waals surface area contributed by atoms with Gasteiger partial charge in [0.15, 0.2) is 0 Å². The smallest absolute Gasteiger partial charge is 0.407 e. The van der Waals surface area contributed by atoms with E-state index in [1.54, 1.807) is 37.8 Å². The molecule has 0 atom stereocenters. The third-order valence-electron chi connectivity index (χ3n) is 6.31. The molecule has 0 spiro atoms. The van der Waals surface area contributed by atoms with Gasteiger partial charge in [0.05, 0.1) is 11.1 Å². The summed E-state index contributed by atoms with van der Waals surface area (Å²) in [7, 11) is 0. The molecule has 0 aliphatic carbocycles. The van der Waals surface area contributed by atoms with E-state index in [0.717, 1.165) is 12.8 Å². The van der Waals surface area contributed by atoms with E-state index in [0.29, 0.717) is 37.3 Å². The Morgan fingerprint density at radius 2 is 1.68 bits per heavy atom. The molecule has 2 N–H and O–H groups in total. The Balaban J connectivity index is 1.42. The minimum absolute atomic E-state index is 0.0255. The highest BCUT2D eigenvalue weighted by Crippen LogP contribution is 2.25. The molecule has 202 valence electrons. The fourth-order valence-corrected chi connectivity index (χ4v) is 4.43. The lowest BCUT2D eigenvalue weighted by molar-refractivity contribution is -0.132. The summed E-state index contributed by atoms with van der Waals surface area (Å²) in [6, 6.07) is 4.62. The summed E-state index contributed by atoms with van der Waals surface area (Å²) in [4.78, 5) is 65.1. The first kappa shape index (κ1) is 28.1. The van der Waals surface area contributed by atoms with Gasteiger partial charge in [0.1, 0.15) is 5.60 Å². The summed E-state index contributed by atoms with van der Waals surface area (Å²) in [6.45, 7) is 11.4. The Bertz CT molecular complexity index is 1050. The monoisotopic (exact) mass is 514 g/mol. The number of piperidine rings is 1. The van der Waals surface area contributed by atoms with Crippen molar-refractivity contribution < 1.29 is 28.7 Å². The normalized spacial score (nSPS) is 16.2. The van der Waals surface area contributed by atoms with E-state index < -0.39 is 11.7 Å². The molecule has 1 aromatic rings. The van der Waals surface area contributed by atoms with Crippen molar-refractivity contribution in [1.82, 2.24) is 20.4 Å². The number of carbonyl (C=O) groups excluding carboxylic acids is 5. The number of hydrogen-bond donors (Lipinski definition) is 2. The molecule has 5 amide bonds. The number of nitrogens with zero attached hydrogens (tertiary/aromatic N) is 2. The molecule has 0 aromatic heterocycles. The molecule has 1 saturated heterocycles. The fraction of sp³-hybridized carbons (Fsp3) is 0.593. The van der Waals surface area contributed by atoms with E-state index >= 15 is 0 Å². The van der Waals surface area contributed by atoms with Crippen molar-refractivity contribution in [2.24, 2.45) is 11.8 Å². The van der Waals surface area contributed by atoms with Crippen molar-refractivity contribution in [3.8, 4) is 0 Å². The van der Waals surface area contributed by atoms with Crippen LogP contribution in [-0.4, -0.2) is 77.8 Å². The molecule has 10 nitrogen and oxygen atoms in total. The molecule has 0 saturated carbocycles. The molecule has 2 heterocycles. The van der Waals surface area contributed by atoms with Crippen LogP contribution in [0.4, 0.5) is 4.79 Å². The van der Waals surface area contributed by atoms with Crippen LogP contribution in [0, 0.1) is 11.8 Å². The number of fused-ring (bicyclic) bond motifs is 1. The minimum atomic E-state index is -0.586. The number of benzene rings is 1. The standard InChI is InChI=1S/C27H38N4O6/c1-17(2)16-31-24(34)20-7-6-19(14-21(20)25(31)35)23(33)29-15-18-9-12-30(13-10-18)22(32)8-11-28-26(36)37-27(3,4)5/h6-7,14,17-18H,8-13,15-16H2,1-5H3,(H,28,36)(H,29,33). The fourth-order valence-electron chi connectivity index (χ4n) is 4.43. The molecule has 0 bridgehead atoms. The van der Waals surface area contributed by atoms with Crippen LogP contribution in [-0.2, 0) is 9.53 Å². The van der Waals surface area contributed by atoms with Gasteiger partial charge in [-0.05, 0) is 63.6 Å². The number of likely N-dealkylation sites (tertiary alicyclic amines) is 1. The highest BCUT2D eigenvalue weighted by molar-refractivity contribution is 6.22. The van der Waals surface area contributed by atoms with Gasteiger partial charge in [0.25, 0.3) is 17.7 Å². The summed E-state index contributed by atoms with van der Waals surface area (Å²) >= 11 is 0. The molecule has 1 fully saturated rings. The number of carbonyl (C=O) groups is 5. The van der Waals surface area contributed by atoms with Crippen LogP contribution in [0.5, 0.6) is 0 Å². The van der Waals surface area contributed by atoms with Crippen molar-refractivity contribution in [3.63, 3.8) is 0 Å². The molecule has 0 unspecified atom stereocenters. The highest BCUT2D eigenvalue weighted by Gasteiger charge is 2.36. The first-order valence-electron chi connectivity index (χ1n) is 12.9. The van der Waals surface area contributed by atoms with Gasteiger partial charge in [-0.1, -0.05) is 13.8 Å². The van der Waals surface area contributed by atoms with Crippen LogP contribution in [0.25, 0.3) is 0 Å². The lowest BCUT2D eigenvalue weighted by Gasteiger charge is -2.32. The Kier molecular flexibility index (Phi) is 8.94. The average molecular weight is 515 g/mol. The predicted octanol–water partition coefficient (Wildman–Crippen LogP) is 2.82. The van der Waals surface area contributed by atoms with Crippen molar-refractivity contribution in [2.75, 3.05) is 32.7 Å².